The van der Waals surface area contributed by atoms with Crippen molar-refractivity contribution in [3.8, 4) is 5.88 Å². The topological polar surface area (TPSA) is 47.0 Å². The molecule has 2 rings (SSSR count). The molecule has 1 N–H and O–H groups in total. The number of aromatic nitrogens is 2. The van der Waals surface area contributed by atoms with E-state index in [9.17, 15) is 0 Å². The molecular weight excluding hydrogens is 234 g/mol. The maximum atomic E-state index is 5.04. The molecule has 90 valence electrons. The molecule has 0 saturated carbocycles. The van der Waals surface area contributed by atoms with Crippen LogP contribution in [0, 0.1) is 13.8 Å². The van der Waals surface area contributed by atoms with Gasteiger partial charge in [-0.2, -0.15) is 4.98 Å². The van der Waals surface area contributed by atoms with Crippen LogP contribution in [0.25, 0.3) is 0 Å². The van der Waals surface area contributed by atoms with E-state index >= 15 is 0 Å². The zero-order valence-electron chi connectivity index (χ0n) is 10.2. The number of aryl methyl sites for hydroxylation is 2. The second-order valence-electron chi connectivity index (χ2n) is 3.73. The molecule has 0 unspecified atom stereocenters. The highest BCUT2D eigenvalue weighted by Crippen LogP contribution is 2.21. The zero-order chi connectivity index (χ0) is 12.3. The SMILES string of the molecule is COc1ccnc(NCc2cc(C)c(C)s2)n1. The third kappa shape index (κ3) is 2.94. The summed E-state index contributed by atoms with van der Waals surface area (Å²) in [4.78, 5) is 11.0. The van der Waals surface area contributed by atoms with Gasteiger partial charge in [-0.05, 0) is 25.5 Å². The predicted molar refractivity (Wildman–Crippen MR) is 69.7 cm³/mol. The van der Waals surface area contributed by atoms with Crippen LogP contribution in [0.5, 0.6) is 5.88 Å². The lowest BCUT2D eigenvalue weighted by Crippen LogP contribution is -2.02. The highest BCUT2D eigenvalue weighted by atomic mass is 32.1. The van der Waals surface area contributed by atoms with Crippen molar-refractivity contribution in [3.05, 3.63) is 33.6 Å². The van der Waals surface area contributed by atoms with Gasteiger partial charge in [0.2, 0.25) is 11.8 Å². The van der Waals surface area contributed by atoms with Gasteiger partial charge in [0, 0.05) is 22.0 Å². The van der Waals surface area contributed by atoms with Crippen molar-refractivity contribution in [2.24, 2.45) is 0 Å². The van der Waals surface area contributed by atoms with Crippen LogP contribution in [0.1, 0.15) is 15.3 Å². The van der Waals surface area contributed by atoms with Crippen molar-refractivity contribution >= 4 is 17.3 Å². The molecule has 0 aliphatic carbocycles. The number of methoxy groups -OCH3 is 1. The molecule has 0 amide bonds. The summed E-state index contributed by atoms with van der Waals surface area (Å²) in [5.41, 5.74) is 1.33. The fourth-order valence-electron chi connectivity index (χ4n) is 1.44. The van der Waals surface area contributed by atoms with Crippen LogP contribution in [0.3, 0.4) is 0 Å². The first-order chi connectivity index (χ1) is 8.19. The van der Waals surface area contributed by atoms with Crippen molar-refractivity contribution in [2.45, 2.75) is 20.4 Å². The first-order valence-corrected chi connectivity index (χ1v) is 6.17. The molecule has 5 heteroatoms. The van der Waals surface area contributed by atoms with Crippen molar-refractivity contribution in [2.75, 3.05) is 12.4 Å². The molecule has 17 heavy (non-hydrogen) atoms. The van der Waals surface area contributed by atoms with Gasteiger partial charge >= 0.3 is 0 Å². The first kappa shape index (κ1) is 11.9. The Hall–Kier alpha value is -1.62. The lowest BCUT2D eigenvalue weighted by atomic mass is 10.3. The molecule has 2 heterocycles. The number of hydrogen-bond donors (Lipinski definition) is 1. The standard InChI is InChI=1S/C12H15N3OS/c1-8-6-10(17-9(8)2)7-14-12-13-5-4-11(15-12)16-3/h4-6H,7H2,1-3H3,(H,13,14,15). The molecule has 0 spiro atoms. The van der Waals surface area contributed by atoms with E-state index in [0.717, 1.165) is 6.54 Å². The molecule has 0 aliphatic heterocycles. The molecule has 2 aromatic rings. The Morgan fingerprint density at radius 1 is 1.41 bits per heavy atom. The smallest absolute Gasteiger partial charge is 0.226 e. The zero-order valence-corrected chi connectivity index (χ0v) is 11.0. The van der Waals surface area contributed by atoms with Crippen LogP contribution in [-0.4, -0.2) is 17.1 Å². The fourth-order valence-corrected chi connectivity index (χ4v) is 2.44. The lowest BCUT2D eigenvalue weighted by Gasteiger charge is -2.04. The Bertz CT molecular complexity index is 491. The van der Waals surface area contributed by atoms with Crippen LogP contribution in [0.2, 0.25) is 0 Å². The molecule has 4 nitrogen and oxygen atoms in total. The normalized spacial score (nSPS) is 10.3. The lowest BCUT2D eigenvalue weighted by molar-refractivity contribution is 0.397. The molecule has 0 atom stereocenters. The summed E-state index contributed by atoms with van der Waals surface area (Å²) in [5, 5.41) is 3.18. The third-order valence-electron chi connectivity index (χ3n) is 2.48. The first-order valence-electron chi connectivity index (χ1n) is 5.36. The summed E-state index contributed by atoms with van der Waals surface area (Å²) in [7, 11) is 1.60. The van der Waals surface area contributed by atoms with Crippen molar-refractivity contribution in [1.82, 2.24) is 9.97 Å². The Morgan fingerprint density at radius 2 is 2.24 bits per heavy atom. The minimum atomic E-state index is 0.570. The van der Waals surface area contributed by atoms with Crippen molar-refractivity contribution in [1.29, 1.82) is 0 Å². The highest BCUT2D eigenvalue weighted by molar-refractivity contribution is 7.12. The van der Waals surface area contributed by atoms with Gasteiger partial charge in [0.15, 0.2) is 0 Å². The quantitative estimate of drug-likeness (QED) is 0.905. The largest absolute Gasteiger partial charge is 0.481 e. The Morgan fingerprint density at radius 3 is 2.88 bits per heavy atom. The molecule has 0 aromatic carbocycles. The van der Waals surface area contributed by atoms with E-state index in [0.29, 0.717) is 11.8 Å². The van der Waals surface area contributed by atoms with E-state index in [1.54, 1.807) is 30.7 Å². The van der Waals surface area contributed by atoms with Crippen LogP contribution in [-0.2, 0) is 6.54 Å². The third-order valence-corrected chi connectivity index (χ3v) is 3.63. The van der Waals surface area contributed by atoms with Crippen LogP contribution in [0.15, 0.2) is 18.3 Å². The van der Waals surface area contributed by atoms with Gasteiger partial charge in [-0.1, -0.05) is 0 Å². The number of nitrogens with zero attached hydrogens (tertiary/aromatic N) is 2. The summed E-state index contributed by atoms with van der Waals surface area (Å²) in [6.07, 6.45) is 1.68. The van der Waals surface area contributed by atoms with Crippen LogP contribution >= 0.6 is 11.3 Å². The summed E-state index contributed by atoms with van der Waals surface area (Å²) >= 11 is 1.79. The van der Waals surface area contributed by atoms with Crippen molar-refractivity contribution < 1.29 is 4.74 Å². The Balaban J connectivity index is 2.01. The maximum absolute atomic E-state index is 5.04. The molecule has 0 aliphatic rings. The van der Waals surface area contributed by atoms with Gasteiger partial charge in [0.25, 0.3) is 0 Å². The fraction of sp³-hybridized carbons (Fsp3) is 0.333. The van der Waals surface area contributed by atoms with Gasteiger partial charge in [-0.15, -0.1) is 11.3 Å². The van der Waals surface area contributed by atoms with E-state index in [-0.39, 0.29) is 0 Å². The Kier molecular flexibility index (Phi) is 3.58. The molecule has 0 bridgehead atoms. The second-order valence-corrected chi connectivity index (χ2v) is 5.07. The summed E-state index contributed by atoms with van der Waals surface area (Å²) in [6.45, 7) is 5.00. The van der Waals surface area contributed by atoms with Crippen molar-refractivity contribution in [3.63, 3.8) is 0 Å². The average molecular weight is 249 g/mol. The number of nitrogens with one attached hydrogen (secondary N) is 1. The van der Waals surface area contributed by atoms with Gasteiger partial charge in [-0.3, -0.25) is 0 Å². The van der Waals surface area contributed by atoms with Gasteiger partial charge < -0.3 is 10.1 Å². The average Bonchev–Trinajstić information content (AvgIpc) is 2.67. The predicted octanol–water partition coefficient (Wildman–Crippen LogP) is 2.78. The van der Waals surface area contributed by atoms with E-state index < -0.39 is 0 Å². The van der Waals surface area contributed by atoms with E-state index in [1.165, 1.54) is 15.3 Å². The van der Waals surface area contributed by atoms with Crippen LogP contribution < -0.4 is 10.1 Å². The minimum absolute atomic E-state index is 0.570. The monoisotopic (exact) mass is 249 g/mol. The number of thiophene rings is 1. The molecule has 0 saturated heterocycles. The van der Waals surface area contributed by atoms with Gasteiger partial charge in [0.1, 0.15) is 0 Å². The van der Waals surface area contributed by atoms with E-state index in [4.69, 9.17) is 4.74 Å². The number of rotatable bonds is 4. The molecule has 2 aromatic heterocycles. The molecule has 0 radical (unpaired) electrons. The number of anilines is 1. The number of hydrogen-bond acceptors (Lipinski definition) is 5. The maximum Gasteiger partial charge on any atom is 0.226 e. The van der Waals surface area contributed by atoms with Gasteiger partial charge in [-0.25, -0.2) is 4.98 Å². The van der Waals surface area contributed by atoms with Crippen LogP contribution in [0.4, 0.5) is 5.95 Å². The second kappa shape index (κ2) is 5.14. The van der Waals surface area contributed by atoms with E-state index in [2.05, 4.69) is 35.2 Å². The Labute approximate surface area is 105 Å². The molecule has 0 fully saturated rings. The molecular formula is C12H15N3OS. The summed E-state index contributed by atoms with van der Waals surface area (Å²) < 4.78 is 5.04. The highest BCUT2D eigenvalue weighted by Gasteiger charge is 2.03. The summed E-state index contributed by atoms with van der Waals surface area (Å²) in [6, 6.07) is 3.91. The van der Waals surface area contributed by atoms with Gasteiger partial charge in [0.05, 0.1) is 13.7 Å². The minimum Gasteiger partial charge on any atom is -0.481 e. The summed E-state index contributed by atoms with van der Waals surface area (Å²) in [5.74, 6) is 1.16. The number of ether oxygens (including phenoxy) is 1. The van der Waals surface area contributed by atoms with E-state index in [1.807, 2.05) is 0 Å².